The van der Waals surface area contributed by atoms with Crippen molar-refractivity contribution in [2.24, 2.45) is 17.6 Å². The lowest BCUT2D eigenvalue weighted by Crippen LogP contribution is -2.18. The fourth-order valence-corrected chi connectivity index (χ4v) is 2.99. The molecule has 0 amide bonds. The molecule has 90 valence electrons. The average Bonchev–Trinajstić information content (AvgIpc) is 2.70. The first-order valence-corrected chi connectivity index (χ1v) is 7.08. The summed E-state index contributed by atoms with van der Waals surface area (Å²) in [7, 11) is 0. The summed E-state index contributed by atoms with van der Waals surface area (Å²) < 4.78 is 0. The molecule has 0 aromatic carbocycles. The summed E-state index contributed by atoms with van der Waals surface area (Å²) >= 11 is 0. The minimum absolute atomic E-state index is 0.862. The van der Waals surface area contributed by atoms with Crippen molar-refractivity contribution >= 4 is 0 Å². The van der Waals surface area contributed by atoms with Crippen molar-refractivity contribution in [2.45, 2.75) is 71.1 Å². The van der Waals surface area contributed by atoms with E-state index < -0.39 is 0 Å². The van der Waals surface area contributed by atoms with E-state index in [1.54, 1.807) is 0 Å². The second kappa shape index (κ2) is 8.15. The van der Waals surface area contributed by atoms with Crippen molar-refractivity contribution in [3.8, 4) is 0 Å². The molecular weight excluding hydrogens is 182 g/mol. The topological polar surface area (TPSA) is 26.0 Å². The van der Waals surface area contributed by atoms with Crippen molar-refractivity contribution in [2.75, 3.05) is 6.54 Å². The third kappa shape index (κ3) is 5.01. The minimum atomic E-state index is 0.862. The van der Waals surface area contributed by atoms with E-state index in [1.807, 2.05) is 0 Å². The lowest BCUT2D eigenvalue weighted by Gasteiger charge is -2.17. The molecule has 1 rings (SSSR count). The van der Waals surface area contributed by atoms with Crippen LogP contribution in [0.3, 0.4) is 0 Å². The van der Waals surface area contributed by atoms with E-state index in [2.05, 4.69) is 6.92 Å². The van der Waals surface area contributed by atoms with Crippen LogP contribution in [0.5, 0.6) is 0 Å². The van der Waals surface area contributed by atoms with Gasteiger partial charge in [0.2, 0.25) is 0 Å². The Labute approximate surface area is 95.8 Å². The first kappa shape index (κ1) is 13.0. The molecule has 0 saturated heterocycles. The molecule has 1 heteroatoms. The van der Waals surface area contributed by atoms with Crippen LogP contribution in [0.4, 0.5) is 0 Å². The van der Waals surface area contributed by atoms with Crippen LogP contribution >= 0.6 is 0 Å². The molecule has 1 nitrogen and oxygen atoms in total. The van der Waals surface area contributed by atoms with E-state index in [9.17, 15) is 0 Å². The summed E-state index contributed by atoms with van der Waals surface area (Å²) in [5.74, 6) is 1.84. The van der Waals surface area contributed by atoms with Gasteiger partial charge in [0, 0.05) is 0 Å². The van der Waals surface area contributed by atoms with Crippen molar-refractivity contribution in [1.82, 2.24) is 0 Å². The molecule has 0 aromatic heterocycles. The van der Waals surface area contributed by atoms with Gasteiger partial charge in [-0.1, -0.05) is 64.7 Å². The van der Waals surface area contributed by atoms with Crippen LogP contribution in [0.1, 0.15) is 71.1 Å². The number of hydrogen-bond donors (Lipinski definition) is 1. The van der Waals surface area contributed by atoms with Crippen molar-refractivity contribution in [3.05, 3.63) is 0 Å². The Morgan fingerprint density at radius 1 is 0.933 bits per heavy atom. The standard InChI is InChI=1S/C14H29N/c1-2-3-4-5-6-7-9-13-10-8-11-14(13)12-15/h13-14H,2-12,15H2,1H3. The third-order valence-corrected chi connectivity index (χ3v) is 4.05. The van der Waals surface area contributed by atoms with Crippen LogP contribution < -0.4 is 5.73 Å². The highest BCUT2D eigenvalue weighted by Crippen LogP contribution is 2.34. The van der Waals surface area contributed by atoms with Gasteiger partial charge < -0.3 is 5.73 Å². The summed E-state index contributed by atoms with van der Waals surface area (Å²) in [4.78, 5) is 0. The van der Waals surface area contributed by atoms with E-state index in [-0.39, 0.29) is 0 Å². The van der Waals surface area contributed by atoms with E-state index >= 15 is 0 Å². The molecule has 0 spiro atoms. The van der Waals surface area contributed by atoms with Crippen LogP contribution in [-0.2, 0) is 0 Å². The van der Waals surface area contributed by atoms with Gasteiger partial charge in [0.25, 0.3) is 0 Å². The summed E-state index contributed by atoms with van der Waals surface area (Å²) in [6, 6.07) is 0. The maximum Gasteiger partial charge on any atom is -0.00462 e. The van der Waals surface area contributed by atoms with E-state index in [1.165, 1.54) is 64.2 Å². The molecule has 15 heavy (non-hydrogen) atoms. The molecule has 1 aliphatic carbocycles. The Kier molecular flexibility index (Phi) is 7.08. The minimum Gasteiger partial charge on any atom is -0.330 e. The smallest absolute Gasteiger partial charge is 0.00462 e. The number of hydrogen-bond acceptors (Lipinski definition) is 1. The number of nitrogens with two attached hydrogens (primary N) is 1. The maximum atomic E-state index is 5.79. The van der Waals surface area contributed by atoms with Crippen molar-refractivity contribution in [1.29, 1.82) is 0 Å². The zero-order valence-corrected chi connectivity index (χ0v) is 10.5. The van der Waals surface area contributed by atoms with E-state index in [0.717, 1.165) is 18.4 Å². The fourth-order valence-electron chi connectivity index (χ4n) is 2.99. The predicted octanol–water partition coefficient (Wildman–Crippen LogP) is 4.11. The molecule has 2 unspecified atom stereocenters. The molecular formula is C14H29N. The fraction of sp³-hybridized carbons (Fsp3) is 1.00. The van der Waals surface area contributed by atoms with Crippen molar-refractivity contribution in [3.63, 3.8) is 0 Å². The van der Waals surface area contributed by atoms with Gasteiger partial charge in [-0.25, -0.2) is 0 Å². The summed E-state index contributed by atoms with van der Waals surface area (Å²) in [6.45, 7) is 3.21. The Bertz CT molecular complexity index is 144. The molecule has 0 radical (unpaired) electrons. The van der Waals surface area contributed by atoms with Crippen LogP contribution in [0.2, 0.25) is 0 Å². The quantitative estimate of drug-likeness (QED) is 0.601. The van der Waals surface area contributed by atoms with Gasteiger partial charge in [0.15, 0.2) is 0 Å². The Morgan fingerprint density at radius 2 is 1.60 bits per heavy atom. The van der Waals surface area contributed by atoms with Gasteiger partial charge >= 0.3 is 0 Å². The van der Waals surface area contributed by atoms with Gasteiger partial charge in [-0.2, -0.15) is 0 Å². The third-order valence-electron chi connectivity index (χ3n) is 4.05. The molecule has 0 bridgehead atoms. The average molecular weight is 211 g/mol. The summed E-state index contributed by atoms with van der Waals surface area (Å²) in [5.41, 5.74) is 5.79. The molecule has 2 N–H and O–H groups in total. The van der Waals surface area contributed by atoms with Crippen LogP contribution in [0.15, 0.2) is 0 Å². The van der Waals surface area contributed by atoms with E-state index in [0.29, 0.717) is 0 Å². The van der Waals surface area contributed by atoms with Crippen LogP contribution in [-0.4, -0.2) is 6.54 Å². The molecule has 1 aliphatic rings. The molecule has 2 atom stereocenters. The molecule has 0 heterocycles. The maximum absolute atomic E-state index is 5.79. The normalized spacial score (nSPS) is 26.0. The molecule has 0 aromatic rings. The van der Waals surface area contributed by atoms with Gasteiger partial charge in [0.05, 0.1) is 0 Å². The largest absolute Gasteiger partial charge is 0.330 e. The highest BCUT2D eigenvalue weighted by atomic mass is 14.6. The monoisotopic (exact) mass is 211 g/mol. The predicted molar refractivity (Wildman–Crippen MR) is 67.9 cm³/mol. The second-order valence-electron chi connectivity index (χ2n) is 5.24. The van der Waals surface area contributed by atoms with E-state index in [4.69, 9.17) is 5.73 Å². The van der Waals surface area contributed by atoms with Gasteiger partial charge in [0.1, 0.15) is 0 Å². The Morgan fingerprint density at radius 3 is 2.33 bits per heavy atom. The lowest BCUT2D eigenvalue weighted by atomic mass is 9.90. The Hall–Kier alpha value is -0.0400. The molecule has 1 saturated carbocycles. The highest BCUT2D eigenvalue weighted by molar-refractivity contribution is 4.77. The zero-order chi connectivity index (χ0) is 10.9. The summed E-state index contributed by atoms with van der Waals surface area (Å²) in [6.07, 6.45) is 14.3. The molecule has 1 fully saturated rings. The van der Waals surface area contributed by atoms with Gasteiger partial charge in [-0.15, -0.1) is 0 Å². The lowest BCUT2D eigenvalue weighted by molar-refractivity contribution is 0.357. The zero-order valence-electron chi connectivity index (χ0n) is 10.5. The first-order chi connectivity index (χ1) is 7.38. The first-order valence-electron chi connectivity index (χ1n) is 7.08. The number of rotatable bonds is 8. The van der Waals surface area contributed by atoms with Crippen molar-refractivity contribution < 1.29 is 0 Å². The Balaban J connectivity index is 1.95. The number of unbranched alkanes of at least 4 members (excludes halogenated alkanes) is 5. The second-order valence-corrected chi connectivity index (χ2v) is 5.24. The van der Waals surface area contributed by atoms with Gasteiger partial charge in [-0.05, 0) is 24.8 Å². The SMILES string of the molecule is CCCCCCCCC1CCCC1CN. The van der Waals surface area contributed by atoms with Crippen LogP contribution in [0, 0.1) is 11.8 Å². The highest BCUT2D eigenvalue weighted by Gasteiger charge is 2.24. The molecule has 0 aliphatic heterocycles. The van der Waals surface area contributed by atoms with Gasteiger partial charge in [-0.3, -0.25) is 0 Å². The van der Waals surface area contributed by atoms with Crippen LogP contribution in [0.25, 0.3) is 0 Å². The summed E-state index contributed by atoms with van der Waals surface area (Å²) in [5, 5.41) is 0.